The topological polar surface area (TPSA) is 145 Å². The SMILES string of the molecule is C[C@H](N)C(=O)NCC1CC(SC2=C(C(=O)[O-])N3C(=O)[C@H]([C@@H](C)O)[C@H]3[C@H]2C)CO1.[Na+]. The van der Waals surface area contributed by atoms with E-state index < -0.39 is 24.0 Å². The summed E-state index contributed by atoms with van der Waals surface area (Å²) in [6.45, 7) is 5.77. The van der Waals surface area contributed by atoms with Gasteiger partial charge >= 0.3 is 29.6 Å². The number of hydrogen-bond acceptors (Lipinski definition) is 8. The van der Waals surface area contributed by atoms with Crippen LogP contribution >= 0.6 is 11.8 Å². The van der Waals surface area contributed by atoms with Gasteiger partial charge in [-0.2, -0.15) is 0 Å². The molecule has 0 aromatic heterocycles. The van der Waals surface area contributed by atoms with Gasteiger partial charge in [-0.25, -0.2) is 0 Å². The number of rotatable bonds is 7. The Morgan fingerprint density at radius 3 is 2.66 bits per heavy atom. The number of aliphatic carboxylic acids is 1. The second-order valence-electron chi connectivity index (χ2n) is 7.72. The van der Waals surface area contributed by atoms with Crippen molar-refractivity contribution in [3.8, 4) is 0 Å². The smallest absolute Gasteiger partial charge is 0.543 e. The number of thioether (sulfide) groups is 1. The third-order valence-corrected chi connectivity index (χ3v) is 7.04. The van der Waals surface area contributed by atoms with Gasteiger partial charge in [0, 0.05) is 22.6 Å². The molecule has 3 rings (SSSR count). The van der Waals surface area contributed by atoms with Crippen molar-refractivity contribution in [3.05, 3.63) is 10.6 Å². The molecule has 4 N–H and O–H groups in total. The Morgan fingerprint density at radius 2 is 2.10 bits per heavy atom. The molecule has 3 aliphatic heterocycles. The van der Waals surface area contributed by atoms with Crippen LogP contribution in [0.15, 0.2) is 10.6 Å². The molecule has 0 aromatic carbocycles. The summed E-state index contributed by atoms with van der Waals surface area (Å²) in [6.07, 6.45) is -0.372. The molecule has 0 aliphatic carbocycles. The number of carboxylic acid groups (broad SMARTS) is 1. The molecule has 2 amide bonds. The van der Waals surface area contributed by atoms with Crippen molar-refractivity contribution in [1.82, 2.24) is 10.2 Å². The number of β-lactam (4-membered cyclic amide) rings is 1. The van der Waals surface area contributed by atoms with Crippen molar-refractivity contribution in [2.24, 2.45) is 17.6 Å². The Labute approximate surface area is 196 Å². The molecular weight excluding hydrogens is 409 g/mol. The number of nitrogens with one attached hydrogen (secondary N) is 1. The molecule has 156 valence electrons. The fraction of sp³-hybridized carbons (Fsp3) is 0.722. The minimum Gasteiger partial charge on any atom is -0.543 e. The first-order valence-corrected chi connectivity index (χ1v) is 10.3. The van der Waals surface area contributed by atoms with Crippen LogP contribution in [0.2, 0.25) is 0 Å². The van der Waals surface area contributed by atoms with Crippen LogP contribution in [-0.2, 0) is 19.1 Å². The molecule has 9 nitrogen and oxygen atoms in total. The van der Waals surface area contributed by atoms with Crippen LogP contribution in [0.25, 0.3) is 0 Å². The van der Waals surface area contributed by atoms with Gasteiger partial charge in [0.05, 0.1) is 48.5 Å². The molecule has 3 heterocycles. The van der Waals surface area contributed by atoms with E-state index in [1.807, 2.05) is 6.92 Å². The first-order valence-electron chi connectivity index (χ1n) is 9.41. The van der Waals surface area contributed by atoms with Gasteiger partial charge in [-0.05, 0) is 20.3 Å². The van der Waals surface area contributed by atoms with Crippen molar-refractivity contribution in [2.45, 2.75) is 56.7 Å². The number of fused-ring (bicyclic) bond motifs is 1. The zero-order chi connectivity index (χ0) is 20.7. The van der Waals surface area contributed by atoms with Gasteiger partial charge in [0.2, 0.25) is 11.8 Å². The number of nitrogens with zero attached hydrogens (tertiary/aromatic N) is 1. The third-order valence-electron chi connectivity index (χ3n) is 5.56. The van der Waals surface area contributed by atoms with Crippen LogP contribution in [0, 0.1) is 11.8 Å². The van der Waals surface area contributed by atoms with Gasteiger partial charge in [0.25, 0.3) is 0 Å². The number of aliphatic hydroxyl groups is 1. The van der Waals surface area contributed by atoms with Gasteiger partial charge < -0.3 is 35.7 Å². The maximum Gasteiger partial charge on any atom is 1.00 e. The standard InChI is InChI=1S/C18H27N3O6S.Na/c1-7-13-12(9(3)22)17(24)21(13)14(18(25)26)15(7)28-11-4-10(27-6-11)5-20-16(23)8(2)19;/h7-13,22H,4-6,19H2,1-3H3,(H,20,23)(H,25,26);/q;+1/p-1/t7-,8+,9-,10?,11?,12-,13-;/m1./s1. The van der Waals surface area contributed by atoms with Crippen molar-refractivity contribution < 1.29 is 58.9 Å². The molecule has 0 radical (unpaired) electrons. The number of carboxylic acids is 1. The van der Waals surface area contributed by atoms with Crippen LogP contribution in [0.1, 0.15) is 27.2 Å². The van der Waals surface area contributed by atoms with E-state index in [4.69, 9.17) is 10.5 Å². The summed E-state index contributed by atoms with van der Waals surface area (Å²) in [7, 11) is 0. The summed E-state index contributed by atoms with van der Waals surface area (Å²) in [4.78, 5) is 37.5. The molecule has 0 saturated carbocycles. The van der Waals surface area contributed by atoms with E-state index in [1.165, 1.54) is 16.7 Å². The molecule has 0 spiro atoms. The first-order chi connectivity index (χ1) is 13.1. The largest absolute Gasteiger partial charge is 1.00 e. The molecule has 2 unspecified atom stereocenters. The van der Waals surface area contributed by atoms with Gasteiger partial charge in [0.1, 0.15) is 0 Å². The summed E-state index contributed by atoms with van der Waals surface area (Å²) in [6, 6.07) is -0.947. The fourth-order valence-electron chi connectivity index (χ4n) is 4.12. The summed E-state index contributed by atoms with van der Waals surface area (Å²) < 4.78 is 5.70. The van der Waals surface area contributed by atoms with Crippen molar-refractivity contribution in [1.29, 1.82) is 0 Å². The Kier molecular flexibility index (Phi) is 8.22. The predicted octanol–water partition coefficient (Wildman–Crippen LogP) is -4.84. The van der Waals surface area contributed by atoms with Gasteiger partial charge in [-0.3, -0.25) is 9.59 Å². The Hall–Kier alpha value is -0.620. The third kappa shape index (κ3) is 4.68. The second-order valence-corrected chi connectivity index (χ2v) is 9.06. The van der Waals surface area contributed by atoms with Crippen LogP contribution < -0.4 is 45.7 Å². The maximum atomic E-state index is 12.3. The number of carbonyl (C=O) groups is 3. The van der Waals surface area contributed by atoms with E-state index in [0.29, 0.717) is 24.5 Å². The molecule has 11 heteroatoms. The predicted molar refractivity (Wildman–Crippen MR) is 99.4 cm³/mol. The normalized spacial score (nSPS) is 32.9. The van der Waals surface area contributed by atoms with Crippen molar-refractivity contribution in [3.63, 3.8) is 0 Å². The van der Waals surface area contributed by atoms with E-state index in [2.05, 4.69) is 5.32 Å². The van der Waals surface area contributed by atoms with E-state index in [9.17, 15) is 24.6 Å². The summed E-state index contributed by atoms with van der Waals surface area (Å²) in [5.74, 6) is -2.80. The van der Waals surface area contributed by atoms with Gasteiger partial charge in [-0.1, -0.05) is 6.92 Å². The molecule has 2 saturated heterocycles. The van der Waals surface area contributed by atoms with E-state index in [-0.39, 0.29) is 70.4 Å². The molecule has 29 heavy (non-hydrogen) atoms. The van der Waals surface area contributed by atoms with Crippen molar-refractivity contribution in [2.75, 3.05) is 13.2 Å². The van der Waals surface area contributed by atoms with Crippen molar-refractivity contribution >= 4 is 29.5 Å². The summed E-state index contributed by atoms with van der Waals surface area (Å²) >= 11 is 1.39. The maximum absolute atomic E-state index is 12.3. The molecule has 0 bridgehead atoms. The number of hydrogen-bond donors (Lipinski definition) is 3. The fourth-order valence-corrected chi connectivity index (χ4v) is 5.59. The minimum atomic E-state index is -1.38. The van der Waals surface area contributed by atoms with Crippen LogP contribution in [-0.4, -0.2) is 70.5 Å². The van der Waals surface area contributed by atoms with Crippen LogP contribution in [0.5, 0.6) is 0 Å². The zero-order valence-electron chi connectivity index (χ0n) is 17.1. The zero-order valence-corrected chi connectivity index (χ0v) is 19.9. The quantitative estimate of drug-likeness (QED) is 0.267. The number of aliphatic hydroxyl groups excluding tert-OH is 1. The minimum absolute atomic E-state index is 0. The van der Waals surface area contributed by atoms with Crippen LogP contribution in [0.3, 0.4) is 0 Å². The molecule has 7 atom stereocenters. The molecule has 3 aliphatic rings. The molecule has 0 aromatic rings. The molecule has 2 fully saturated rings. The van der Waals surface area contributed by atoms with E-state index in [0.717, 1.165) is 0 Å². The van der Waals surface area contributed by atoms with E-state index >= 15 is 0 Å². The van der Waals surface area contributed by atoms with Gasteiger partial charge in [0.15, 0.2) is 0 Å². The Balaban J connectivity index is 0.00000300. The number of carbonyl (C=O) groups excluding carboxylic acids is 3. The summed E-state index contributed by atoms with van der Waals surface area (Å²) in [5, 5.41) is 24.3. The Morgan fingerprint density at radius 1 is 1.45 bits per heavy atom. The molecular formula is C18H26N3NaO6S. The summed E-state index contributed by atoms with van der Waals surface area (Å²) in [5.41, 5.74) is 5.43. The Bertz CT molecular complexity index is 716. The number of amides is 2. The van der Waals surface area contributed by atoms with E-state index in [1.54, 1.807) is 13.8 Å². The monoisotopic (exact) mass is 435 g/mol. The number of nitrogens with two attached hydrogens (primary N) is 1. The van der Waals surface area contributed by atoms with Gasteiger partial charge in [-0.15, -0.1) is 11.8 Å². The average Bonchev–Trinajstić information content (AvgIpc) is 3.14. The average molecular weight is 435 g/mol. The second kappa shape index (κ2) is 9.67. The van der Waals surface area contributed by atoms with Crippen LogP contribution in [0.4, 0.5) is 0 Å². The first kappa shape index (κ1) is 24.6. The number of ether oxygens (including phenoxy) is 1.